The summed E-state index contributed by atoms with van der Waals surface area (Å²) in [6.45, 7) is 1.49. The first-order chi connectivity index (χ1) is 18.3. The fraction of sp³-hybridized carbons (Fsp3) is 0.280. The minimum atomic E-state index is -3.88. The van der Waals surface area contributed by atoms with Crippen molar-refractivity contribution in [2.24, 2.45) is 7.05 Å². The first-order valence-corrected chi connectivity index (χ1v) is 14.6. The van der Waals surface area contributed by atoms with Gasteiger partial charge in [-0.05, 0) is 72.7 Å². The molecule has 0 spiro atoms. The number of carbonyl (C=O) groups is 1. The Morgan fingerprint density at radius 3 is 2.51 bits per heavy atom. The van der Waals surface area contributed by atoms with Crippen molar-refractivity contribution in [2.45, 2.75) is 25.8 Å². The zero-order valence-electron chi connectivity index (χ0n) is 21.4. The number of nitrogens with zero attached hydrogens (tertiary/aromatic N) is 2. The normalized spacial score (nSPS) is 13.3. The van der Waals surface area contributed by atoms with Crippen LogP contribution in [0.1, 0.15) is 28.8 Å². The van der Waals surface area contributed by atoms with Crippen LogP contribution in [0.4, 0.5) is 21.6 Å². The molecule has 0 atom stereocenters. The summed E-state index contributed by atoms with van der Waals surface area (Å²) in [6, 6.07) is 8.90. The first-order valence-electron chi connectivity index (χ1n) is 11.7. The molecule has 0 radical (unpaired) electrons. The highest BCUT2D eigenvalue weighted by Gasteiger charge is 2.31. The second-order valence-electron chi connectivity index (χ2n) is 9.15. The van der Waals surface area contributed by atoms with Gasteiger partial charge in [0.25, 0.3) is 11.5 Å². The van der Waals surface area contributed by atoms with Gasteiger partial charge in [0.2, 0.25) is 0 Å². The molecular formula is C25H26ClFIN5O5S. The van der Waals surface area contributed by atoms with Crippen molar-refractivity contribution in [2.75, 3.05) is 24.1 Å². The Hall–Kier alpha value is -2.88. The van der Waals surface area contributed by atoms with E-state index >= 15 is 0 Å². The van der Waals surface area contributed by atoms with Crippen molar-refractivity contribution < 1.29 is 22.3 Å². The number of nitrogens with one attached hydrogen (secondary N) is 3. The molecule has 10 nitrogen and oxygen atoms in total. The van der Waals surface area contributed by atoms with Crippen LogP contribution in [-0.4, -0.2) is 43.3 Å². The van der Waals surface area contributed by atoms with E-state index in [-0.39, 0.29) is 50.9 Å². The lowest BCUT2D eigenvalue weighted by Gasteiger charge is -2.22. The molecule has 0 unspecified atom stereocenters. The Bertz CT molecular complexity index is 1630. The Morgan fingerprint density at radius 2 is 1.90 bits per heavy atom. The van der Waals surface area contributed by atoms with Gasteiger partial charge in [0.1, 0.15) is 28.0 Å². The zero-order chi connectivity index (χ0) is 28.6. The van der Waals surface area contributed by atoms with Gasteiger partial charge in [-0.25, -0.2) is 4.39 Å². The molecule has 1 aliphatic carbocycles. The summed E-state index contributed by atoms with van der Waals surface area (Å²) in [5.41, 5.74) is -0.342. The summed E-state index contributed by atoms with van der Waals surface area (Å²) in [7, 11) is 0.294. The molecule has 0 bridgehead atoms. The molecule has 4 rings (SSSR count). The molecule has 0 aliphatic heterocycles. The largest absolute Gasteiger partial charge is 0.454 e. The quantitative estimate of drug-likeness (QED) is 0.279. The first kappa shape index (κ1) is 29.1. The molecule has 2 aromatic carbocycles. The van der Waals surface area contributed by atoms with Gasteiger partial charge in [0.15, 0.2) is 5.75 Å². The number of anilines is 3. The van der Waals surface area contributed by atoms with E-state index in [1.165, 1.54) is 63.0 Å². The number of pyridine rings is 1. The van der Waals surface area contributed by atoms with E-state index in [1.807, 2.05) is 22.6 Å². The molecule has 1 aliphatic rings. The third kappa shape index (κ3) is 6.31. The molecule has 39 heavy (non-hydrogen) atoms. The van der Waals surface area contributed by atoms with Gasteiger partial charge in [-0.15, -0.1) is 0 Å². The monoisotopic (exact) mass is 689 g/mol. The molecule has 14 heteroatoms. The standard InChI is InChI=1S/C25H26ClFIN5O5S/c1-13-22(38-19-7-5-6-18(21(19)26)31-39(36,37)32(2)3)20(24(34)29-15-9-10-15)23(33(4)25(13)35)30-17-11-8-14(28)12-16(17)27/h5-8,11-12,15,30-31H,9-10H2,1-4H3,(H,29,34). The number of amides is 1. The molecule has 208 valence electrons. The molecule has 0 saturated heterocycles. The lowest BCUT2D eigenvalue weighted by molar-refractivity contribution is 0.0948. The maximum atomic E-state index is 14.8. The van der Waals surface area contributed by atoms with Crippen LogP contribution in [0.2, 0.25) is 5.02 Å². The van der Waals surface area contributed by atoms with Crippen LogP contribution < -0.4 is 25.7 Å². The highest BCUT2D eigenvalue weighted by Crippen LogP contribution is 2.40. The van der Waals surface area contributed by atoms with Crippen molar-refractivity contribution in [3.05, 3.63) is 72.3 Å². The highest BCUT2D eigenvalue weighted by atomic mass is 127. The lowest BCUT2D eigenvalue weighted by atomic mass is 10.1. The number of carbonyl (C=O) groups excluding carboxylic acids is 1. The number of benzene rings is 2. The highest BCUT2D eigenvalue weighted by molar-refractivity contribution is 14.1. The second kappa shape index (κ2) is 11.3. The summed E-state index contributed by atoms with van der Waals surface area (Å²) in [6.07, 6.45) is 1.61. The van der Waals surface area contributed by atoms with Crippen LogP contribution >= 0.6 is 34.2 Å². The van der Waals surface area contributed by atoms with E-state index in [0.29, 0.717) is 3.57 Å². The zero-order valence-corrected chi connectivity index (χ0v) is 25.2. The maximum absolute atomic E-state index is 14.8. The van der Waals surface area contributed by atoms with Crippen LogP contribution in [0.3, 0.4) is 0 Å². The van der Waals surface area contributed by atoms with E-state index in [1.54, 1.807) is 6.07 Å². The lowest BCUT2D eigenvalue weighted by Crippen LogP contribution is -2.31. The van der Waals surface area contributed by atoms with Crippen LogP contribution in [-0.2, 0) is 17.3 Å². The summed E-state index contributed by atoms with van der Waals surface area (Å²) >= 11 is 8.48. The maximum Gasteiger partial charge on any atom is 0.301 e. The van der Waals surface area contributed by atoms with Crippen molar-refractivity contribution >= 4 is 67.5 Å². The summed E-state index contributed by atoms with van der Waals surface area (Å²) in [5, 5.41) is 5.69. The van der Waals surface area contributed by atoms with E-state index in [0.717, 1.165) is 17.1 Å². The van der Waals surface area contributed by atoms with Crippen molar-refractivity contribution in [1.82, 2.24) is 14.2 Å². The number of rotatable bonds is 9. The molecule has 1 fully saturated rings. The minimum Gasteiger partial charge on any atom is -0.454 e. The topological polar surface area (TPSA) is 122 Å². The number of aromatic nitrogens is 1. The van der Waals surface area contributed by atoms with Crippen LogP contribution in [0.5, 0.6) is 11.5 Å². The average Bonchev–Trinajstić information content (AvgIpc) is 3.68. The van der Waals surface area contributed by atoms with Crippen LogP contribution in [0, 0.1) is 16.3 Å². The van der Waals surface area contributed by atoms with Crippen molar-refractivity contribution in [3.8, 4) is 11.5 Å². The Morgan fingerprint density at radius 1 is 1.21 bits per heavy atom. The smallest absolute Gasteiger partial charge is 0.301 e. The molecule has 3 aromatic rings. The molecule has 1 aromatic heterocycles. The molecule has 1 saturated carbocycles. The molecule has 1 heterocycles. The number of halogens is 3. The fourth-order valence-corrected chi connectivity index (χ4v) is 4.96. The fourth-order valence-electron chi connectivity index (χ4n) is 3.61. The van der Waals surface area contributed by atoms with Gasteiger partial charge in [0, 0.05) is 30.8 Å². The SMILES string of the molecule is Cc1c(Oc2cccc(NS(=O)(=O)N(C)C)c2Cl)c(C(=O)NC2CC2)c(Nc2ccc(I)cc2F)n(C)c1=O. The molecule has 1 amide bonds. The van der Waals surface area contributed by atoms with Gasteiger partial charge >= 0.3 is 10.2 Å². The van der Waals surface area contributed by atoms with Gasteiger partial charge in [-0.2, -0.15) is 12.7 Å². The van der Waals surface area contributed by atoms with Gasteiger partial charge in [0.05, 0.1) is 16.9 Å². The van der Waals surface area contributed by atoms with E-state index < -0.39 is 27.5 Å². The molecular weight excluding hydrogens is 664 g/mol. The van der Waals surface area contributed by atoms with E-state index in [4.69, 9.17) is 16.3 Å². The number of hydrogen-bond donors (Lipinski definition) is 3. The Kier molecular flexibility index (Phi) is 8.44. The van der Waals surface area contributed by atoms with Crippen molar-refractivity contribution in [1.29, 1.82) is 0 Å². The average molecular weight is 690 g/mol. The summed E-state index contributed by atoms with van der Waals surface area (Å²) in [4.78, 5) is 26.8. The van der Waals surface area contributed by atoms with E-state index in [2.05, 4.69) is 15.4 Å². The minimum absolute atomic E-state index is 0.00107. The third-order valence-electron chi connectivity index (χ3n) is 5.98. The van der Waals surface area contributed by atoms with Crippen LogP contribution in [0.25, 0.3) is 0 Å². The summed E-state index contributed by atoms with van der Waals surface area (Å²) in [5.74, 6) is -1.19. The second-order valence-corrected chi connectivity index (χ2v) is 12.7. The summed E-state index contributed by atoms with van der Waals surface area (Å²) < 4.78 is 50.8. The Labute approximate surface area is 243 Å². The predicted molar refractivity (Wildman–Crippen MR) is 157 cm³/mol. The third-order valence-corrected chi connectivity index (χ3v) is 8.48. The Balaban J connectivity index is 1.86. The van der Waals surface area contributed by atoms with E-state index in [9.17, 15) is 22.4 Å². The van der Waals surface area contributed by atoms with Crippen LogP contribution in [0.15, 0.2) is 41.2 Å². The number of hydrogen-bond acceptors (Lipinski definition) is 6. The van der Waals surface area contributed by atoms with Gasteiger partial charge in [-0.1, -0.05) is 17.7 Å². The number of ether oxygens (including phenoxy) is 1. The molecule has 3 N–H and O–H groups in total. The van der Waals surface area contributed by atoms with Gasteiger partial charge in [-0.3, -0.25) is 18.9 Å². The van der Waals surface area contributed by atoms with Gasteiger partial charge < -0.3 is 15.4 Å². The van der Waals surface area contributed by atoms with Crippen molar-refractivity contribution in [3.63, 3.8) is 0 Å². The predicted octanol–water partition coefficient (Wildman–Crippen LogP) is 4.74.